The molecule has 2 aromatic rings. The van der Waals surface area contributed by atoms with Crippen molar-refractivity contribution < 1.29 is 4.79 Å². The number of nitrogens with zero attached hydrogens (tertiary/aromatic N) is 1. The predicted octanol–water partition coefficient (Wildman–Crippen LogP) is 2.05. The molecule has 1 fully saturated rings. The first kappa shape index (κ1) is 11.4. The Balaban J connectivity index is 1.90. The number of benzene rings is 1. The second-order valence-corrected chi connectivity index (χ2v) is 4.96. The van der Waals surface area contributed by atoms with E-state index in [1.54, 1.807) is 0 Å². The zero-order chi connectivity index (χ0) is 12.5. The third-order valence-corrected chi connectivity index (χ3v) is 3.55. The monoisotopic (exact) mass is 243 g/mol. The Kier molecular flexibility index (Phi) is 2.88. The number of carbonyl (C=O) groups excluding carboxylic acids is 1. The summed E-state index contributed by atoms with van der Waals surface area (Å²) in [6, 6.07) is 5.73. The summed E-state index contributed by atoms with van der Waals surface area (Å²) in [4.78, 5) is 19.9. The summed E-state index contributed by atoms with van der Waals surface area (Å²) in [6.07, 6.45) is 2.08. The number of piperidine rings is 1. The number of aromatic nitrogens is 2. The van der Waals surface area contributed by atoms with Gasteiger partial charge in [0.25, 0.3) is 0 Å². The highest BCUT2D eigenvalue weighted by molar-refractivity contribution is 6.00. The SMILES string of the molecule is Cc1nc2ccc(C(=O)C3CCCNC3)cc2[nH]1. The molecule has 2 N–H and O–H groups in total. The van der Waals surface area contributed by atoms with Crippen LogP contribution in [0.3, 0.4) is 0 Å². The molecule has 2 heterocycles. The Bertz CT molecular complexity index is 582. The van der Waals surface area contributed by atoms with Crippen LogP contribution in [0.2, 0.25) is 0 Å². The van der Waals surface area contributed by atoms with Crippen molar-refractivity contribution in [2.75, 3.05) is 13.1 Å². The van der Waals surface area contributed by atoms with Crippen molar-refractivity contribution in [3.63, 3.8) is 0 Å². The average molecular weight is 243 g/mol. The summed E-state index contributed by atoms with van der Waals surface area (Å²) in [5.74, 6) is 1.26. The zero-order valence-corrected chi connectivity index (χ0v) is 10.5. The van der Waals surface area contributed by atoms with Gasteiger partial charge in [-0.15, -0.1) is 0 Å². The molecule has 1 atom stereocenters. The second-order valence-electron chi connectivity index (χ2n) is 4.96. The molecule has 1 aliphatic heterocycles. The van der Waals surface area contributed by atoms with E-state index >= 15 is 0 Å². The van der Waals surface area contributed by atoms with Crippen LogP contribution in [0.4, 0.5) is 0 Å². The van der Waals surface area contributed by atoms with E-state index in [2.05, 4.69) is 15.3 Å². The van der Waals surface area contributed by atoms with Gasteiger partial charge in [0, 0.05) is 18.0 Å². The quantitative estimate of drug-likeness (QED) is 0.794. The molecule has 0 spiro atoms. The highest BCUT2D eigenvalue weighted by Crippen LogP contribution is 2.20. The van der Waals surface area contributed by atoms with E-state index in [-0.39, 0.29) is 11.7 Å². The predicted molar refractivity (Wildman–Crippen MR) is 70.8 cm³/mol. The molecule has 4 nitrogen and oxygen atoms in total. The number of aromatic amines is 1. The fraction of sp³-hybridized carbons (Fsp3) is 0.429. The molecule has 0 radical (unpaired) electrons. The Morgan fingerprint density at radius 2 is 2.33 bits per heavy atom. The van der Waals surface area contributed by atoms with E-state index in [9.17, 15) is 4.79 Å². The maximum Gasteiger partial charge on any atom is 0.167 e. The summed E-state index contributed by atoms with van der Waals surface area (Å²) < 4.78 is 0. The largest absolute Gasteiger partial charge is 0.342 e. The Morgan fingerprint density at radius 1 is 1.44 bits per heavy atom. The fourth-order valence-corrected chi connectivity index (χ4v) is 2.60. The molecule has 4 heteroatoms. The Hall–Kier alpha value is -1.68. The molecule has 0 saturated carbocycles. The van der Waals surface area contributed by atoms with Gasteiger partial charge in [0.15, 0.2) is 5.78 Å². The van der Waals surface area contributed by atoms with E-state index in [1.807, 2.05) is 25.1 Å². The third-order valence-electron chi connectivity index (χ3n) is 3.55. The van der Waals surface area contributed by atoms with Crippen molar-refractivity contribution in [1.82, 2.24) is 15.3 Å². The lowest BCUT2D eigenvalue weighted by Crippen LogP contribution is -2.34. The van der Waals surface area contributed by atoms with Gasteiger partial charge >= 0.3 is 0 Å². The molecule has 0 aliphatic carbocycles. The lowest BCUT2D eigenvalue weighted by Gasteiger charge is -2.21. The van der Waals surface area contributed by atoms with Crippen LogP contribution in [0.1, 0.15) is 29.0 Å². The summed E-state index contributed by atoms with van der Waals surface area (Å²) in [7, 11) is 0. The highest BCUT2D eigenvalue weighted by atomic mass is 16.1. The molecule has 1 aromatic heterocycles. The second kappa shape index (κ2) is 4.53. The summed E-state index contributed by atoms with van der Waals surface area (Å²) in [6.45, 7) is 3.76. The minimum atomic E-state index is 0.125. The maximum atomic E-state index is 12.4. The Labute approximate surface area is 106 Å². The molecular weight excluding hydrogens is 226 g/mol. The molecule has 18 heavy (non-hydrogen) atoms. The van der Waals surface area contributed by atoms with Crippen LogP contribution in [-0.2, 0) is 0 Å². The van der Waals surface area contributed by atoms with Crippen LogP contribution in [-0.4, -0.2) is 28.8 Å². The zero-order valence-electron chi connectivity index (χ0n) is 10.5. The van der Waals surface area contributed by atoms with Gasteiger partial charge in [0.2, 0.25) is 0 Å². The van der Waals surface area contributed by atoms with E-state index < -0.39 is 0 Å². The minimum Gasteiger partial charge on any atom is -0.342 e. The van der Waals surface area contributed by atoms with Gasteiger partial charge in [-0.3, -0.25) is 4.79 Å². The first-order chi connectivity index (χ1) is 8.74. The van der Waals surface area contributed by atoms with E-state index in [1.165, 1.54) is 0 Å². The highest BCUT2D eigenvalue weighted by Gasteiger charge is 2.22. The molecule has 0 amide bonds. The van der Waals surface area contributed by atoms with Gasteiger partial charge in [0.1, 0.15) is 5.82 Å². The first-order valence-corrected chi connectivity index (χ1v) is 6.45. The standard InChI is InChI=1S/C14H17N3O/c1-9-16-12-5-4-10(7-13(12)17-9)14(18)11-3-2-6-15-8-11/h4-5,7,11,15H,2-3,6,8H2,1H3,(H,16,17). The number of fused-ring (bicyclic) bond motifs is 1. The molecular formula is C14H17N3O. The molecule has 1 saturated heterocycles. The average Bonchev–Trinajstić information content (AvgIpc) is 2.78. The normalized spacial score (nSPS) is 20.2. The van der Waals surface area contributed by atoms with Crippen LogP contribution in [0.5, 0.6) is 0 Å². The van der Waals surface area contributed by atoms with Gasteiger partial charge in [-0.25, -0.2) is 4.98 Å². The number of aryl methyl sites for hydroxylation is 1. The molecule has 1 unspecified atom stereocenters. The van der Waals surface area contributed by atoms with Crippen molar-refractivity contribution >= 4 is 16.8 Å². The summed E-state index contributed by atoms with van der Waals surface area (Å²) in [5, 5.41) is 3.29. The number of ketones is 1. The van der Waals surface area contributed by atoms with Gasteiger partial charge in [-0.05, 0) is 44.5 Å². The molecule has 94 valence electrons. The number of nitrogens with one attached hydrogen (secondary N) is 2. The molecule has 1 aromatic carbocycles. The van der Waals surface area contributed by atoms with Crippen molar-refractivity contribution in [2.45, 2.75) is 19.8 Å². The summed E-state index contributed by atoms with van der Waals surface area (Å²) >= 11 is 0. The molecule has 0 bridgehead atoms. The smallest absolute Gasteiger partial charge is 0.167 e. The van der Waals surface area contributed by atoms with Crippen LogP contribution in [0.15, 0.2) is 18.2 Å². The first-order valence-electron chi connectivity index (χ1n) is 6.45. The van der Waals surface area contributed by atoms with Crippen molar-refractivity contribution in [2.24, 2.45) is 5.92 Å². The third kappa shape index (κ3) is 2.04. The molecule has 3 rings (SSSR count). The van der Waals surface area contributed by atoms with Crippen LogP contribution < -0.4 is 5.32 Å². The van der Waals surface area contributed by atoms with Crippen LogP contribution in [0.25, 0.3) is 11.0 Å². The topological polar surface area (TPSA) is 57.8 Å². The van der Waals surface area contributed by atoms with E-state index in [0.717, 1.165) is 48.4 Å². The van der Waals surface area contributed by atoms with Crippen molar-refractivity contribution in [3.8, 4) is 0 Å². The van der Waals surface area contributed by atoms with E-state index in [4.69, 9.17) is 0 Å². The fourth-order valence-electron chi connectivity index (χ4n) is 2.60. The molecule has 1 aliphatic rings. The maximum absolute atomic E-state index is 12.4. The van der Waals surface area contributed by atoms with Crippen molar-refractivity contribution in [1.29, 1.82) is 0 Å². The lowest BCUT2D eigenvalue weighted by molar-refractivity contribution is 0.0900. The van der Waals surface area contributed by atoms with Crippen molar-refractivity contribution in [3.05, 3.63) is 29.6 Å². The number of Topliss-reactive ketones (excluding diaryl/α,β-unsaturated/α-hetero) is 1. The van der Waals surface area contributed by atoms with Gasteiger partial charge < -0.3 is 10.3 Å². The van der Waals surface area contributed by atoms with Gasteiger partial charge in [-0.2, -0.15) is 0 Å². The van der Waals surface area contributed by atoms with E-state index in [0.29, 0.717) is 0 Å². The number of hydrogen-bond acceptors (Lipinski definition) is 3. The Morgan fingerprint density at radius 3 is 3.11 bits per heavy atom. The minimum absolute atomic E-state index is 0.125. The van der Waals surface area contributed by atoms with Crippen LogP contribution in [0, 0.1) is 12.8 Å². The summed E-state index contributed by atoms with van der Waals surface area (Å²) in [5.41, 5.74) is 2.66. The van der Waals surface area contributed by atoms with Gasteiger partial charge in [0.05, 0.1) is 11.0 Å². The number of carbonyl (C=O) groups is 1. The van der Waals surface area contributed by atoms with Crippen LogP contribution >= 0.6 is 0 Å². The van der Waals surface area contributed by atoms with Gasteiger partial charge in [-0.1, -0.05) is 0 Å². The lowest BCUT2D eigenvalue weighted by atomic mass is 9.91. The number of hydrogen-bond donors (Lipinski definition) is 2. The number of rotatable bonds is 2. The number of H-pyrrole nitrogens is 1. The number of imidazole rings is 1.